The maximum absolute atomic E-state index is 12.3. The number of carbonyl (C=O) groups is 1. The minimum atomic E-state index is -2.33. The van der Waals surface area contributed by atoms with Crippen molar-refractivity contribution in [1.29, 1.82) is 0 Å². The van der Waals surface area contributed by atoms with Crippen LogP contribution in [0.4, 0.5) is 13.6 Å². The van der Waals surface area contributed by atoms with Crippen molar-refractivity contribution in [3.8, 4) is 0 Å². The van der Waals surface area contributed by atoms with Crippen LogP contribution in [0.3, 0.4) is 0 Å². The molecule has 2 N–H and O–H groups in total. The van der Waals surface area contributed by atoms with Crippen LogP contribution < -0.4 is 5.32 Å². The van der Waals surface area contributed by atoms with Crippen LogP contribution in [-0.4, -0.2) is 72.7 Å². The molecule has 0 aromatic carbocycles. The van der Waals surface area contributed by atoms with Crippen LogP contribution in [0.2, 0.25) is 0 Å². The first-order chi connectivity index (χ1) is 9.52. The third-order valence-electron chi connectivity index (χ3n) is 3.44. The van der Waals surface area contributed by atoms with Crippen LogP contribution in [-0.2, 0) is 0 Å². The van der Waals surface area contributed by atoms with E-state index in [9.17, 15) is 13.6 Å². The highest BCUT2D eigenvalue weighted by molar-refractivity contribution is 5.74. The van der Waals surface area contributed by atoms with Crippen molar-refractivity contribution in [2.45, 2.75) is 38.7 Å². The molecule has 20 heavy (non-hydrogen) atoms. The number of alkyl halides is 2. The predicted molar refractivity (Wildman–Crippen MR) is 72.9 cm³/mol. The Bertz CT molecular complexity index is 293. The van der Waals surface area contributed by atoms with E-state index in [0.717, 1.165) is 6.42 Å². The number of rotatable bonds is 6. The lowest BCUT2D eigenvalue weighted by Gasteiger charge is -2.24. The van der Waals surface area contributed by atoms with Gasteiger partial charge >= 0.3 is 6.03 Å². The Morgan fingerprint density at radius 2 is 2.05 bits per heavy atom. The lowest BCUT2D eigenvalue weighted by Crippen LogP contribution is -2.45. The second-order valence-corrected chi connectivity index (χ2v) is 5.25. The van der Waals surface area contributed by atoms with Crippen molar-refractivity contribution in [3.63, 3.8) is 0 Å². The molecule has 0 saturated carbocycles. The molecule has 1 heterocycles. The third-order valence-corrected chi connectivity index (χ3v) is 3.44. The van der Waals surface area contributed by atoms with E-state index in [1.165, 1.54) is 0 Å². The highest BCUT2D eigenvalue weighted by Crippen LogP contribution is 2.07. The molecule has 1 fully saturated rings. The van der Waals surface area contributed by atoms with Crippen molar-refractivity contribution < 1.29 is 18.7 Å². The van der Waals surface area contributed by atoms with Crippen LogP contribution >= 0.6 is 0 Å². The maximum atomic E-state index is 12.3. The van der Waals surface area contributed by atoms with E-state index in [4.69, 9.17) is 5.11 Å². The summed E-state index contributed by atoms with van der Waals surface area (Å²) in [6.45, 7) is 3.96. The molecule has 1 aliphatic heterocycles. The summed E-state index contributed by atoms with van der Waals surface area (Å²) in [4.78, 5) is 15.4. The molecule has 0 spiro atoms. The number of amides is 2. The highest BCUT2D eigenvalue weighted by Gasteiger charge is 2.21. The number of hydrogen-bond donors (Lipinski definition) is 2. The topological polar surface area (TPSA) is 55.8 Å². The summed E-state index contributed by atoms with van der Waals surface area (Å²) in [6, 6.07) is -0.135. The molecule has 1 saturated heterocycles. The zero-order valence-corrected chi connectivity index (χ0v) is 12.0. The molecule has 0 radical (unpaired) electrons. The summed E-state index contributed by atoms with van der Waals surface area (Å²) < 4.78 is 24.7. The van der Waals surface area contributed by atoms with Crippen molar-refractivity contribution in [2.24, 2.45) is 0 Å². The summed E-state index contributed by atoms with van der Waals surface area (Å²) in [5.41, 5.74) is 0. The van der Waals surface area contributed by atoms with Crippen LogP contribution in [0.15, 0.2) is 0 Å². The SMILES string of the molecule is CC(CCCO)NC(=O)N1CCCN(CC(F)F)CC1. The monoisotopic (exact) mass is 293 g/mol. The Labute approximate surface area is 118 Å². The number of hydrogen-bond acceptors (Lipinski definition) is 3. The fourth-order valence-corrected chi connectivity index (χ4v) is 2.32. The van der Waals surface area contributed by atoms with Crippen LogP contribution in [0, 0.1) is 0 Å². The molecule has 2 amide bonds. The number of aliphatic hydroxyl groups excluding tert-OH is 1. The number of nitrogens with zero attached hydrogens (tertiary/aromatic N) is 2. The Kier molecular flexibility index (Phi) is 7.76. The molecule has 1 atom stereocenters. The molecular formula is C13H25F2N3O2. The number of aliphatic hydroxyl groups is 1. The van der Waals surface area contributed by atoms with Gasteiger partial charge in [0.1, 0.15) is 0 Å². The van der Waals surface area contributed by atoms with Gasteiger partial charge in [0.05, 0.1) is 6.54 Å². The Hall–Kier alpha value is -0.950. The predicted octanol–water partition coefficient (Wildman–Crippen LogP) is 1.13. The van der Waals surface area contributed by atoms with Crippen LogP contribution in [0.5, 0.6) is 0 Å². The highest BCUT2D eigenvalue weighted by atomic mass is 19.3. The quantitative estimate of drug-likeness (QED) is 0.772. The van der Waals surface area contributed by atoms with E-state index >= 15 is 0 Å². The fraction of sp³-hybridized carbons (Fsp3) is 0.923. The third kappa shape index (κ3) is 6.47. The molecule has 0 aromatic rings. The maximum Gasteiger partial charge on any atom is 0.317 e. The van der Waals surface area contributed by atoms with Gasteiger partial charge in [-0.2, -0.15) is 0 Å². The van der Waals surface area contributed by atoms with Gasteiger partial charge < -0.3 is 15.3 Å². The zero-order valence-electron chi connectivity index (χ0n) is 12.0. The fourth-order valence-electron chi connectivity index (χ4n) is 2.32. The van der Waals surface area contributed by atoms with Crippen LogP contribution in [0.25, 0.3) is 0 Å². The summed E-state index contributed by atoms with van der Waals surface area (Å²) in [7, 11) is 0. The minimum absolute atomic E-state index is 0.00932. The molecule has 7 heteroatoms. The van der Waals surface area contributed by atoms with Gasteiger partial charge in [0.2, 0.25) is 0 Å². The molecular weight excluding hydrogens is 268 g/mol. The minimum Gasteiger partial charge on any atom is -0.396 e. The molecule has 118 valence electrons. The summed E-state index contributed by atoms with van der Waals surface area (Å²) in [5, 5.41) is 11.6. The largest absolute Gasteiger partial charge is 0.396 e. The second-order valence-electron chi connectivity index (χ2n) is 5.25. The van der Waals surface area contributed by atoms with Crippen molar-refractivity contribution in [1.82, 2.24) is 15.1 Å². The van der Waals surface area contributed by atoms with Gasteiger partial charge in [0.15, 0.2) is 0 Å². The Morgan fingerprint density at radius 3 is 2.70 bits per heavy atom. The normalized spacial score (nSPS) is 18.9. The van der Waals surface area contributed by atoms with Gasteiger partial charge in [-0.15, -0.1) is 0 Å². The van der Waals surface area contributed by atoms with E-state index in [1.807, 2.05) is 6.92 Å². The van der Waals surface area contributed by atoms with E-state index < -0.39 is 6.43 Å². The first kappa shape index (κ1) is 17.1. The molecule has 1 aliphatic rings. The summed E-state index contributed by atoms with van der Waals surface area (Å²) in [6.07, 6.45) is -0.226. The lowest BCUT2D eigenvalue weighted by molar-refractivity contribution is 0.0903. The molecule has 0 aliphatic carbocycles. The zero-order chi connectivity index (χ0) is 15.0. The van der Waals surface area contributed by atoms with E-state index in [-0.39, 0.29) is 25.2 Å². The molecule has 0 bridgehead atoms. The average molecular weight is 293 g/mol. The Balaban J connectivity index is 2.34. The summed E-state index contributed by atoms with van der Waals surface area (Å²) >= 11 is 0. The van der Waals surface area contributed by atoms with Crippen molar-refractivity contribution in [2.75, 3.05) is 39.3 Å². The molecule has 5 nitrogen and oxygen atoms in total. The summed E-state index contributed by atoms with van der Waals surface area (Å²) in [5.74, 6) is 0. The van der Waals surface area contributed by atoms with E-state index in [0.29, 0.717) is 39.0 Å². The van der Waals surface area contributed by atoms with Gasteiger partial charge in [-0.3, -0.25) is 4.90 Å². The van der Waals surface area contributed by atoms with Gasteiger partial charge in [-0.1, -0.05) is 0 Å². The van der Waals surface area contributed by atoms with E-state index in [2.05, 4.69) is 5.32 Å². The van der Waals surface area contributed by atoms with Crippen molar-refractivity contribution in [3.05, 3.63) is 0 Å². The van der Waals surface area contributed by atoms with Crippen LogP contribution in [0.1, 0.15) is 26.2 Å². The number of halogens is 2. The number of urea groups is 1. The number of nitrogens with one attached hydrogen (secondary N) is 1. The van der Waals surface area contributed by atoms with Gasteiger partial charge in [0.25, 0.3) is 6.43 Å². The second kappa shape index (κ2) is 9.07. The standard InChI is InChI=1S/C13H25F2N3O2/c1-11(4-2-9-19)16-13(20)18-6-3-5-17(7-8-18)10-12(14)15/h11-12,19H,2-10H2,1H3,(H,16,20). The molecule has 1 rings (SSSR count). The molecule has 1 unspecified atom stereocenters. The first-order valence-electron chi connectivity index (χ1n) is 7.19. The first-order valence-corrected chi connectivity index (χ1v) is 7.19. The van der Waals surface area contributed by atoms with E-state index in [1.54, 1.807) is 9.80 Å². The van der Waals surface area contributed by atoms with Crippen molar-refractivity contribution >= 4 is 6.03 Å². The molecule has 0 aromatic heterocycles. The lowest BCUT2D eigenvalue weighted by atomic mass is 10.2. The Morgan fingerprint density at radius 1 is 1.30 bits per heavy atom. The number of carbonyl (C=O) groups excluding carboxylic acids is 1. The smallest absolute Gasteiger partial charge is 0.317 e. The van der Waals surface area contributed by atoms with Gasteiger partial charge in [-0.25, -0.2) is 13.6 Å². The average Bonchev–Trinajstić information content (AvgIpc) is 2.61. The van der Waals surface area contributed by atoms with Gasteiger partial charge in [0, 0.05) is 38.8 Å². The van der Waals surface area contributed by atoms with Gasteiger partial charge in [-0.05, 0) is 26.2 Å².